The lowest BCUT2D eigenvalue weighted by atomic mass is 9.95. The van der Waals surface area contributed by atoms with E-state index in [0.29, 0.717) is 5.92 Å². The van der Waals surface area contributed by atoms with Crippen molar-refractivity contribution in [1.29, 1.82) is 0 Å². The highest BCUT2D eigenvalue weighted by Crippen LogP contribution is 2.32. The van der Waals surface area contributed by atoms with E-state index < -0.39 is 12.1 Å². The number of aryl methyl sites for hydroxylation is 2. The van der Waals surface area contributed by atoms with E-state index >= 15 is 0 Å². The number of halogens is 3. The van der Waals surface area contributed by atoms with Crippen LogP contribution in [0.4, 0.5) is 13.2 Å². The molecule has 31 heavy (non-hydrogen) atoms. The molecule has 1 aliphatic carbocycles. The van der Waals surface area contributed by atoms with Gasteiger partial charge in [-0.1, -0.05) is 0 Å². The lowest BCUT2D eigenvalue weighted by molar-refractivity contribution is -0.192. The maximum atomic E-state index is 10.6. The van der Waals surface area contributed by atoms with Crippen LogP contribution in [-0.2, 0) is 29.2 Å². The van der Waals surface area contributed by atoms with E-state index in [1.165, 1.54) is 24.1 Å². The predicted octanol–water partition coefficient (Wildman–Crippen LogP) is 3.96. The first-order valence-corrected chi connectivity index (χ1v) is 10.4. The Bertz CT molecular complexity index is 874. The summed E-state index contributed by atoms with van der Waals surface area (Å²) >= 11 is 0. The maximum absolute atomic E-state index is 10.6. The van der Waals surface area contributed by atoms with Gasteiger partial charge >= 0.3 is 12.1 Å². The summed E-state index contributed by atoms with van der Waals surface area (Å²) in [6.45, 7) is 9.51. The summed E-state index contributed by atoms with van der Waals surface area (Å²) in [6.07, 6.45) is -0.184. The van der Waals surface area contributed by atoms with Gasteiger partial charge in [0.2, 0.25) is 0 Å². The van der Waals surface area contributed by atoms with Crippen LogP contribution in [0.5, 0.6) is 0 Å². The molecule has 1 fully saturated rings. The Morgan fingerprint density at radius 1 is 1.32 bits per heavy atom. The molecule has 1 atom stereocenters. The van der Waals surface area contributed by atoms with Gasteiger partial charge in [0.1, 0.15) is 11.5 Å². The number of carbonyl (C=O) groups is 1. The van der Waals surface area contributed by atoms with Crippen molar-refractivity contribution in [2.75, 3.05) is 19.8 Å². The molecule has 2 aliphatic rings. The molecule has 2 aromatic rings. The van der Waals surface area contributed by atoms with E-state index in [9.17, 15) is 13.2 Å². The topological polar surface area (TPSA) is 80.7 Å². The molecule has 1 saturated carbocycles. The lowest BCUT2D eigenvalue weighted by Gasteiger charge is -2.31. The number of fused-ring (bicyclic) bond motifs is 1. The number of aliphatic carboxylic acids is 1. The minimum atomic E-state index is -5.08. The van der Waals surface area contributed by atoms with Crippen LogP contribution in [0.2, 0.25) is 0 Å². The third kappa shape index (κ3) is 6.83. The van der Waals surface area contributed by atoms with Crippen LogP contribution >= 0.6 is 0 Å². The molecule has 3 heterocycles. The van der Waals surface area contributed by atoms with Crippen molar-refractivity contribution in [3.8, 4) is 0 Å². The molecule has 1 N–H and O–H groups in total. The second-order valence-corrected chi connectivity index (χ2v) is 8.05. The third-order valence-electron chi connectivity index (χ3n) is 5.27. The summed E-state index contributed by atoms with van der Waals surface area (Å²) in [5, 5.41) is 11.9. The predicted molar refractivity (Wildman–Crippen MR) is 105 cm³/mol. The van der Waals surface area contributed by atoms with Gasteiger partial charge in [-0.05, 0) is 44.7 Å². The van der Waals surface area contributed by atoms with Crippen molar-refractivity contribution in [3.05, 3.63) is 41.1 Å². The fourth-order valence-electron chi connectivity index (χ4n) is 3.50. The van der Waals surface area contributed by atoms with Gasteiger partial charge in [0.25, 0.3) is 0 Å². The van der Waals surface area contributed by atoms with Gasteiger partial charge in [-0.2, -0.15) is 18.3 Å². The monoisotopic (exact) mass is 443 g/mol. The normalized spacial score (nSPS) is 18.9. The number of hydrogen-bond donors (Lipinski definition) is 1. The Kier molecular flexibility index (Phi) is 7.42. The molecule has 7 nitrogen and oxygen atoms in total. The summed E-state index contributed by atoms with van der Waals surface area (Å²) < 4.78 is 45.6. The summed E-state index contributed by atoms with van der Waals surface area (Å²) in [4.78, 5) is 11.3. The van der Waals surface area contributed by atoms with E-state index in [2.05, 4.69) is 28.8 Å². The summed E-state index contributed by atoms with van der Waals surface area (Å²) in [6, 6.07) is 4.11. The van der Waals surface area contributed by atoms with Crippen LogP contribution in [0.25, 0.3) is 0 Å². The Balaban J connectivity index is 0.000000339. The molecule has 1 unspecified atom stereocenters. The molecule has 0 aromatic carbocycles. The summed E-state index contributed by atoms with van der Waals surface area (Å²) in [7, 11) is 0. The Morgan fingerprint density at radius 3 is 2.58 bits per heavy atom. The minimum Gasteiger partial charge on any atom is -0.475 e. The lowest BCUT2D eigenvalue weighted by Crippen LogP contribution is -2.34. The number of alkyl halides is 3. The number of carboxylic acid groups (broad SMARTS) is 1. The number of rotatable bonds is 7. The van der Waals surface area contributed by atoms with Gasteiger partial charge in [0.15, 0.2) is 0 Å². The van der Waals surface area contributed by atoms with Crippen molar-refractivity contribution in [1.82, 2.24) is 14.7 Å². The van der Waals surface area contributed by atoms with Gasteiger partial charge in [0, 0.05) is 43.9 Å². The Hall–Kier alpha value is -2.33. The smallest absolute Gasteiger partial charge is 0.475 e. The zero-order chi connectivity index (χ0) is 22.6. The molecule has 10 heteroatoms. The number of ether oxygens (including phenoxy) is 1. The van der Waals surface area contributed by atoms with E-state index in [1.54, 1.807) is 0 Å². The fraction of sp³-hybridized carbons (Fsp3) is 0.619. The van der Waals surface area contributed by atoms with Gasteiger partial charge in [-0.15, -0.1) is 0 Å². The molecule has 0 bridgehead atoms. The minimum absolute atomic E-state index is 0.406. The average Bonchev–Trinajstić information content (AvgIpc) is 3.27. The van der Waals surface area contributed by atoms with Gasteiger partial charge in [-0.3, -0.25) is 9.58 Å². The van der Waals surface area contributed by atoms with Crippen LogP contribution in [0, 0.1) is 12.8 Å². The first-order chi connectivity index (χ1) is 14.7. The second-order valence-electron chi connectivity index (χ2n) is 8.05. The number of hydrogen-bond acceptors (Lipinski definition) is 5. The van der Waals surface area contributed by atoms with Crippen molar-refractivity contribution < 1.29 is 32.2 Å². The molecule has 2 aromatic heterocycles. The van der Waals surface area contributed by atoms with E-state index in [0.717, 1.165) is 56.8 Å². The first-order valence-electron chi connectivity index (χ1n) is 10.4. The van der Waals surface area contributed by atoms with Crippen LogP contribution in [0.15, 0.2) is 22.7 Å². The van der Waals surface area contributed by atoms with Crippen LogP contribution in [-0.4, -0.2) is 51.7 Å². The number of nitrogens with zero attached hydrogens (tertiary/aromatic N) is 3. The standard InChI is InChI=1S/C19H27N3O2.C2HF3O2/c1-3-22-10-18-16(13-23-12-15-5-6-15)8-21(11-19(18)20-22)9-17-7-4-14(2)24-17;3-2(4,5)1(6)7/h4,7,10,15-16H,3,5-6,8-9,11-13H2,1-2H3;(H,6,7). The highest BCUT2D eigenvalue weighted by atomic mass is 19.4. The maximum Gasteiger partial charge on any atom is 0.490 e. The largest absolute Gasteiger partial charge is 0.490 e. The van der Waals surface area contributed by atoms with Gasteiger partial charge in [0.05, 0.1) is 18.8 Å². The van der Waals surface area contributed by atoms with E-state index in [4.69, 9.17) is 24.2 Å². The van der Waals surface area contributed by atoms with Crippen LogP contribution in [0.3, 0.4) is 0 Å². The third-order valence-corrected chi connectivity index (χ3v) is 5.27. The van der Waals surface area contributed by atoms with Crippen molar-refractivity contribution in [2.24, 2.45) is 5.92 Å². The molecule has 0 spiro atoms. The van der Waals surface area contributed by atoms with Crippen molar-refractivity contribution in [3.63, 3.8) is 0 Å². The molecular weight excluding hydrogens is 415 g/mol. The Labute approximate surface area is 178 Å². The average molecular weight is 443 g/mol. The quantitative estimate of drug-likeness (QED) is 0.698. The van der Waals surface area contributed by atoms with Crippen molar-refractivity contribution in [2.45, 2.75) is 58.4 Å². The van der Waals surface area contributed by atoms with Crippen LogP contribution in [0.1, 0.15) is 48.5 Å². The Morgan fingerprint density at radius 2 is 2.03 bits per heavy atom. The fourth-order valence-corrected chi connectivity index (χ4v) is 3.50. The molecule has 0 amide bonds. The molecule has 172 valence electrons. The molecule has 0 radical (unpaired) electrons. The summed E-state index contributed by atoms with van der Waals surface area (Å²) in [5.74, 6) is 0.468. The van der Waals surface area contributed by atoms with Gasteiger partial charge in [-0.25, -0.2) is 4.79 Å². The first kappa shape index (κ1) is 23.3. The molecule has 4 rings (SSSR count). The molecule has 1 aliphatic heterocycles. The highest BCUT2D eigenvalue weighted by Gasteiger charge is 2.38. The number of carboxylic acids is 1. The number of aromatic nitrogens is 2. The highest BCUT2D eigenvalue weighted by molar-refractivity contribution is 5.73. The van der Waals surface area contributed by atoms with Crippen molar-refractivity contribution >= 4 is 5.97 Å². The zero-order valence-corrected chi connectivity index (χ0v) is 17.7. The van der Waals surface area contributed by atoms with Crippen LogP contribution < -0.4 is 0 Å². The summed E-state index contributed by atoms with van der Waals surface area (Å²) in [5.41, 5.74) is 2.57. The molecule has 0 saturated heterocycles. The van der Waals surface area contributed by atoms with E-state index in [-0.39, 0.29) is 0 Å². The zero-order valence-electron chi connectivity index (χ0n) is 17.7. The second kappa shape index (κ2) is 9.86. The van der Waals surface area contributed by atoms with Gasteiger partial charge < -0.3 is 14.3 Å². The van der Waals surface area contributed by atoms with E-state index in [1.807, 2.05) is 13.0 Å². The number of furan rings is 1. The SMILES string of the molecule is CCn1cc2c(n1)CN(Cc1ccc(C)o1)CC2COCC1CC1.O=C(O)C(F)(F)F. The molecular formula is C21H28F3N3O4.